The van der Waals surface area contributed by atoms with E-state index in [0.29, 0.717) is 19.7 Å². The van der Waals surface area contributed by atoms with E-state index in [-0.39, 0.29) is 12.0 Å². The molecule has 0 bridgehead atoms. The highest BCUT2D eigenvalue weighted by molar-refractivity contribution is 6.83. The number of amides is 1. The Morgan fingerprint density at radius 2 is 1.48 bits per heavy atom. The average Bonchev–Trinajstić information content (AvgIpc) is 3.44. The molecule has 6 rings (SSSR count). The van der Waals surface area contributed by atoms with Crippen LogP contribution in [0.2, 0.25) is 19.6 Å². The maximum absolute atomic E-state index is 13.2. The predicted molar refractivity (Wildman–Crippen MR) is 189 cm³/mol. The van der Waals surface area contributed by atoms with Gasteiger partial charge in [0.25, 0.3) is 0 Å². The summed E-state index contributed by atoms with van der Waals surface area (Å²) in [6.07, 6.45) is -0.232. The van der Waals surface area contributed by atoms with Gasteiger partial charge in [-0.05, 0) is 79.5 Å². The van der Waals surface area contributed by atoms with E-state index in [4.69, 9.17) is 14.0 Å². The molecule has 0 unspecified atom stereocenters. The van der Waals surface area contributed by atoms with Crippen LogP contribution in [-0.4, -0.2) is 75.1 Å². The third kappa shape index (κ3) is 6.57. The van der Waals surface area contributed by atoms with E-state index in [2.05, 4.69) is 131 Å². The molecule has 3 aromatic rings. The van der Waals surface area contributed by atoms with Gasteiger partial charge in [0.1, 0.15) is 14.7 Å². The Morgan fingerprint density at radius 3 is 2.04 bits per heavy atom. The first-order chi connectivity index (χ1) is 21.7. The van der Waals surface area contributed by atoms with Crippen molar-refractivity contribution in [2.75, 3.05) is 32.8 Å². The number of carbonyl (C=O) groups is 1. The number of hydrogen-bond donors (Lipinski definition) is 0. The highest BCUT2D eigenvalue weighted by Gasteiger charge is 2.52. The third-order valence-corrected chi connectivity index (χ3v) is 10.9. The van der Waals surface area contributed by atoms with E-state index in [0.717, 1.165) is 30.7 Å². The van der Waals surface area contributed by atoms with Crippen molar-refractivity contribution in [2.24, 2.45) is 0 Å². The Kier molecular flexibility index (Phi) is 8.75. The Labute approximate surface area is 276 Å². The molecule has 0 radical (unpaired) electrons. The normalized spacial score (nSPS) is 19.0. The van der Waals surface area contributed by atoms with Crippen LogP contribution in [-0.2, 0) is 20.6 Å². The molecule has 0 spiro atoms. The van der Waals surface area contributed by atoms with Crippen LogP contribution in [0.1, 0.15) is 61.4 Å². The third-order valence-electron chi connectivity index (χ3n) is 10.00. The summed E-state index contributed by atoms with van der Waals surface area (Å²) in [6.45, 7) is 21.3. The van der Waals surface area contributed by atoms with Crippen LogP contribution < -0.4 is 5.46 Å². The van der Waals surface area contributed by atoms with Crippen molar-refractivity contribution in [1.29, 1.82) is 0 Å². The average molecular weight is 635 g/mol. The standard InChI is InChI=1S/C38H47BN2O4Si/c1-27-28(17-22-46(6,7)8)23-30(39-44-37(2,3)38(4,5)45-39)24-29(27)25-40-18-20-41(21-19-40)36(42)43-26-35-33-15-11-9-13-31(33)32-14-10-12-16-34(32)35/h9-16,23-24,35H,18-21,25-26H2,1-8H3. The Bertz CT molecular complexity index is 1630. The maximum Gasteiger partial charge on any atom is 0.494 e. The van der Waals surface area contributed by atoms with Gasteiger partial charge < -0.3 is 18.9 Å². The van der Waals surface area contributed by atoms with E-state index in [1.165, 1.54) is 33.4 Å². The quantitative estimate of drug-likeness (QED) is 0.234. The maximum atomic E-state index is 13.2. The molecule has 0 saturated carbocycles. The van der Waals surface area contributed by atoms with E-state index >= 15 is 0 Å². The Morgan fingerprint density at radius 1 is 0.913 bits per heavy atom. The number of benzene rings is 3. The van der Waals surface area contributed by atoms with Crippen LogP contribution in [0, 0.1) is 18.4 Å². The Hall–Kier alpha value is -3.35. The summed E-state index contributed by atoms with van der Waals surface area (Å²) < 4.78 is 18.8. The first-order valence-electron chi connectivity index (χ1n) is 16.6. The van der Waals surface area contributed by atoms with Crippen molar-refractivity contribution in [1.82, 2.24) is 9.80 Å². The number of nitrogens with zero attached hydrogens (tertiary/aromatic N) is 2. The predicted octanol–water partition coefficient (Wildman–Crippen LogP) is 6.59. The smallest absolute Gasteiger partial charge is 0.448 e. The van der Waals surface area contributed by atoms with Gasteiger partial charge in [0.15, 0.2) is 0 Å². The van der Waals surface area contributed by atoms with E-state index in [1.807, 2.05) is 4.90 Å². The number of hydrogen-bond acceptors (Lipinski definition) is 5. The van der Waals surface area contributed by atoms with Crippen LogP contribution in [0.15, 0.2) is 60.7 Å². The van der Waals surface area contributed by atoms with Gasteiger partial charge in [0.05, 0.1) is 11.2 Å². The molecule has 2 saturated heterocycles. The first-order valence-corrected chi connectivity index (χ1v) is 20.1. The molecule has 2 aliphatic heterocycles. The second-order valence-electron chi connectivity index (χ2n) is 15.0. The molecule has 46 heavy (non-hydrogen) atoms. The Balaban J connectivity index is 1.12. The van der Waals surface area contributed by atoms with E-state index in [1.54, 1.807) is 0 Å². The van der Waals surface area contributed by atoms with Gasteiger partial charge in [-0.15, -0.1) is 5.54 Å². The second kappa shape index (κ2) is 12.4. The van der Waals surface area contributed by atoms with Crippen molar-refractivity contribution in [2.45, 2.75) is 77.9 Å². The van der Waals surface area contributed by atoms with Gasteiger partial charge >= 0.3 is 13.2 Å². The lowest BCUT2D eigenvalue weighted by Gasteiger charge is -2.34. The summed E-state index contributed by atoms with van der Waals surface area (Å²) in [4.78, 5) is 17.5. The number of fused-ring (bicyclic) bond motifs is 3. The molecule has 0 atom stereocenters. The number of carbonyl (C=O) groups excluding carboxylic acids is 1. The van der Waals surface area contributed by atoms with Crippen LogP contribution >= 0.6 is 0 Å². The van der Waals surface area contributed by atoms with E-state index < -0.39 is 26.4 Å². The van der Waals surface area contributed by atoms with Crippen LogP contribution in [0.5, 0.6) is 0 Å². The molecule has 3 aliphatic rings. The lowest BCUT2D eigenvalue weighted by atomic mass is 9.76. The number of piperazine rings is 1. The SMILES string of the molecule is Cc1c(C#C[Si](C)(C)C)cc(B2OC(C)(C)C(C)(C)O2)cc1CN1CCN(C(=O)OCC2c3ccccc3-c3ccccc32)CC1. The van der Waals surface area contributed by atoms with Crippen molar-refractivity contribution >= 4 is 26.7 Å². The molecule has 2 heterocycles. The van der Waals surface area contributed by atoms with Gasteiger partial charge in [-0.1, -0.05) is 80.2 Å². The van der Waals surface area contributed by atoms with Crippen molar-refractivity contribution in [3.63, 3.8) is 0 Å². The molecule has 0 N–H and O–H groups in total. The van der Waals surface area contributed by atoms with Crippen LogP contribution in [0.3, 0.4) is 0 Å². The van der Waals surface area contributed by atoms with Crippen molar-refractivity contribution in [3.05, 3.63) is 88.5 Å². The minimum atomic E-state index is -1.57. The van der Waals surface area contributed by atoms with Gasteiger partial charge in [0, 0.05) is 44.2 Å². The highest BCUT2D eigenvalue weighted by atomic mass is 28.3. The molecule has 1 aliphatic carbocycles. The second-order valence-corrected chi connectivity index (χ2v) is 19.8. The summed E-state index contributed by atoms with van der Waals surface area (Å²) in [6, 6.07) is 21.3. The molecular formula is C38H47BN2O4Si. The lowest BCUT2D eigenvalue weighted by Crippen LogP contribution is -2.48. The minimum Gasteiger partial charge on any atom is -0.448 e. The first kappa shape index (κ1) is 32.6. The zero-order valence-corrected chi connectivity index (χ0v) is 29.7. The fourth-order valence-corrected chi connectivity index (χ4v) is 6.99. The zero-order valence-electron chi connectivity index (χ0n) is 28.7. The molecule has 8 heteroatoms. The van der Waals surface area contributed by atoms with E-state index in [9.17, 15) is 4.79 Å². The molecule has 2 fully saturated rings. The zero-order chi connectivity index (χ0) is 32.9. The summed E-state index contributed by atoms with van der Waals surface area (Å²) >= 11 is 0. The number of ether oxygens (including phenoxy) is 1. The fraction of sp³-hybridized carbons (Fsp3) is 0.447. The van der Waals surface area contributed by atoms with Gasteiger partial charge in [-0.3, -0.25) is 4.90 Å². The molecular weight excluding hydrogens is 587 g/mol. The molecule has 0 aromatic heterocycles. The van der Waals surface area contributed by atoms with Gasteiger partial charge in [-0.2, -0.15) is 0 Å². The monoisotopic (exact) mass is 634 g/mol. The lowest BCUT2D eigenvalue weighted by molar-refractivity contribution is 0.00578. The van der Waals surface area contributed by atoms with Crippen LogP contribution in [0.4, 0.5) is 4.79 Å². The molecule has 240 valence electrons. The minimum absolute atomic E-state index is 0.0649. The highest BCUT2D eigenvalue weighted by Crippen LogP contribution is 2.44. The summed E-state index contributed by atoms with van der Waals surface area (Å²) in [5.74, 6) is 3.59. The number of rotatable bonds is 5. The molecule has 6 nitrogen and oxygen atoms in total. The summed E-state index contributed by atoms with van der Waals surface area (Å²) in [5, 5.41) is 0. The fourth-order valence-electron chi connectivity index (χ4n) is 6.48. The topological polar surface area (TPSA) is 51.2 Å². The van der Waals surface area contributed by atoms with Gasteiger partial charge in [0.2, 0.25) is 0 Å². The van der Waals surface area contributed by atoms with Crippen molar-refractivity contribution in [3.8, 4) is 22.6 Å². The summed E-state index contributed by atoms with van der Waals surface area (Å²) in [5.41, 5.74) is 12.1. The summed E-state index contributed by atoms with van der Waals surface area (Å²) in [7, 11) is -2.01. The van der Waals surface area contributed by atoms with Crippen LogP contribution in [0.25, 0.3) is 11.1 Å². The van der Waals surface area contributed by atoms with Gasteiger partial charge in [-0.25, -0.2) is 4.79 Å². The molecule has 1 amide bonds. The van der Waals surface area contributed by atoms with Crippen molar-refractivity contribution < 1.29 is 18.8 Å². The largest absolute Gasteiger partial charge is 0.494 e. The molecule has 3 aromatic carbocycles.